The molecule has 0 unspecified atom stereocenters. The molecule has 4 nitrogen and oxygen atoms in total. The molecule has 0 aliphatic carbocycles. The summed E-state index contributed by atoms with van der Waals surface area (Å²) in [6.45, 7) is 1.76. The summed E-state index contributed by atoms with van der Waals surface area (Å²) in [7, 11) is 0. The first-order valence-electron chi connectivity index (χ1n) is 8.79. The number of carbonyl (C=O) groups is 1. The maximum atomic E-state index is 12.0. The molecule has 0 atom stereocenters. The van der Waals surface area contributed by atoms with E-state index in [1.54, 1.807) is 11.8 Å². The van der Waals surface area contributed by atoms with Crippen LogP contribution in [0.2, 0.25) is 10.0 Å². The van der Waals surface area contributed by atoms with Gasteiger partial charge in [-0.05, 0) is 41.8 Å². The molecule has 0 spiro atoms. The third kappa shape index (κ3) is 5.96. The van der Waals surface area contributed by atoms with Crippen LogP contribution in [0.1, 0.15) is 17.5 Å². The summed E-state index contributed by atoms with van der Waals surface area (Å²) in [6.07, 6.45) is 1.12. The number of carbonyl (C=O) groups excluding carboxylic acids is 1. The smallest absolute Gasteiger partial charge is 0.220 e. The van der Waals surface area contributed by atoms with Crippen molar-refractivity contribution >= 4 is 40.9 Å². The van der Waals surface area contributed by atoms with Gasteiger partial charge in [0.2, 0.25) is 5.91 Å². The number of aryl methyl sites for hydroxylation is 1. The van der Waals surface area contributed by atoms with E-state index >= 15 is 0 Å². The predicted molar refractivity (Wildman–Crippen MR) is 111 cm³/mol. The molecule has 7 heteroatoms. The van der Waals surface area contributed by atoms with Crippen LogP contribution < -0.4 is 14.8 Å². The van der Waals surface area contributed by atoms with Crippen LogP contribution in [0.25, 0.3) is 0 Å². The van der Waals surface area contributed by atoms with E-state index in [0.717, 1.165) is 34.1 Å². The van der Waals surface area contributed by atoms with Gasteiger partial charge in [0.1, 0.15) is 13.2 Å². The maximum Gasteiger partial charge on any atom is 0.220 e. The number of ether oxygens (including phenoxy) is 2. The number of benzene rings is 2. The second-order valence-electron chi connectivity index (χ2n) is 6.08. The highest BCUT2D eigenvalue weighted by Crippen LogP contribution is 2.31. The first-order chi connectivity index (χ1) is 13.1. The molecule has 1 aliphatic rings. The van der Waals surface area contributed by atoms with E-state index in [9.17, 15) is 4.79 Å². The summed E-state index contributed by atoms with van der Waals surface area (Å²) in [4.78, 5) is 12.0. The molecule has 1 heterocycles. The Bertz CT molecular complexity index is 781. The van der Waals surface area contributed by atoms with Crippen molar-refractivity contribution in [2.75, 3.05) is 25.5 Å². The minimum atomic E-state index is 0.0428. The van der Waals surface area contributed by atoms with Crippen LogP contribution >= 0.6 is 35.0 Å². The Morgan fingerprint density at radius 2 is 1.81 bits per heavy atom. The molecule has 1 aliphatic heterocycles. The van der Waals surface area contributed by atoms with Gasteiger partial charge in [0.25, 0.3) is 0 Å². The number of halogens is 2. The molecule has 0 saturated carbocycles. The van der Waals surface area contributed by atoms with Crippen LogP contribution in [0.4, 0.5) is 0 Å². The fourth-order valence-electron chi connectivity index (χ4n) is 2.70. The van der Waals surface area contributed by atoms with Gasteiger partial charge >= 0.3 is 0 Å². The maximum absolute atomic E-state index is 12.0. The van der Waals surface area contributed by atoms with Gasteiger partial charge in [-0.25, -0.2) is 0 Å². The van der Waals surface area contributed by atoms with Gasteiger partial charge in [-0.2, -0.15) is 11.8 Å². The van der Waals surface area contributed by atoms with Crippen LogP contribution in [0.3, 0.4) is 0 Å². The van der Waals surface area contributed by atoms with Crippen LogP contribution in [0.15, 0.2) is 36.4 Å². The van der Waals surface area contributed by atoms with Gasteiger partial charge in [-0.15, -0.1) is 0 Å². The molecule has 2 aromatic carbocycles. The largest absolute Gasteiger partial charge is 0.486 e. The normalized spacial score (nSPS) is 12.7. The Hall–Kier alpha value is -1.56. The number of nitrogens with one attached hydrogen (secondary N) is 1. The van der Waals surface area contributed by atoms with Crippen molar-refractivity contribution < 1.29 is 14.3 Å². The van der Waals surface area contributed by atoms with Crippen molar-refractivity contribution in [3.05, 3.63) is 57.6 Å². The molecule has 0 radical (unpaired) electrons. The van der Waals surface area contributed by atoms with Crippen molar-refractivity contribution in [3.8, 4) is 11.5 Å². The molecule has 1 amide bonds. The molecule has 0 aromatic heterocycles. The number of fused-ring (bicyclic) bond motifs is 1. The molecule has 0 saturated heterocycles. The highest BCUT2D eigenvalue weighted by atomic mass is 35.5. The third-order valence-electron chi connectivity index (χ3n) is 4.12. The van der Waals surface area contributed by atoms with E-state index in [4.69, 9.17) is 32.7 Å². The van der Waals surface area contributed by atoms with Gasteiger partial charge < -0.3 is 14.8 Å². The number of hydrogen-bond donors (Lipinski definition) is 1. The lowest BCUT2D eigenvalue weighted by Crippen LogP contribution is -2.26. The van der Waals surface area contributed by atoms with E-state index in [1.807, 2.05) is 36.4 Å². The molecule has 2 aromatic rings. The Labute approximate surface area is 173 Å². The van der Waals surface area contributed by atoms with E-state index < -0.39 is 0 Å². The monoisotopic (exact) mass is 425 g/mol. The van der Waals surface area contributed by atoms with Crippen LogP contribution in [-0.2, 0) is 17.0 Å². The number of thioether (sulfide) groups is 1. The summed E-state index contributed by atoms with van der Waals surface area (Å²) >= 11 is 14.0. The summed E-state index contributed by atoms with van der Waals surface area (Å²) in [5.74, 6) is 3.10. The van der Waals surface area contributed by atoms with Crippen LogP contribution in [0, 0.1) is 0 Å². The predicted octanol–water partition coefficient (Wildman–Crippen LogP) is 4.75. The van der Waals surface area contributed by atoms with E-state index in [2.05, 4.69) is 5.32 Å². The summed E-state index contributed by atoms with van der Waals surface area (Å²) in [5, 5.41) is 4.31. The molecule has 1 N–H and O–H groups in total. The van der Waals surface area contributed by atoms with Crippen molar-refractivity contribution in [3.63, 3.8) is 0 Å². The molecule has 144 valence electrons. The Balaban J connectivity index is 1.34. The second-order valence-corrected chi connectivity index (χ2v) is 8.00. The average molecular weight is 426 g/mol. The van der Waals surface area contributed by atoms with Gasteiger partial charge in [0.05, 0.1) is 0 Å². The molecule has 0 fully saturated rings. The fraction of sp³-hybridized carbons (Fsp3) is 0.350. The minimum absolute atomic E-state index is 0.0428. The van der Waals surface area contributed by atoms with Crippen molar-refractivity contribution in [1.29, 1.82) is 0 Å². The number of amides is 1. The number of hydrogen-bond acceptors (Lipinski definition) is 4. The van der Waals surface area contributed by atoms with Crippen LogP contribution in [0.5, 0.6) is 11.5 Å². The standard InChI is InChI=1S/C20H21Cl2NO3S/c21-16-2-1-3-17(22)15(16)13-27-11-8-23-20(24)7-5-14-4-6-18-19(12-14)26-10-9-25-18/h1-4,6,12H,5,7-11,13H2,(H,23,24). The zero-order valence-electron chi connectivity index (χ0n) is 14.8. The molecule has 27 heavy (non-hydrogen) atoms. The summed E-state index contributed by atoms with van der Waals surface area (Å²) < 4.78 is 11.1. The Morgan fingerprint density at radius 3 is 2.59 bits per heavy atom. The van der Waals surface area contributed by atoms with E-state index in [1.165, 1.54) is 0 Å². The summed E-state index contributed by atoms with van der Waals surface area (Å²) in [5.41, 5.74) is 2.01. The van der Waals surface area contributed by atoms with Crippen molar-refractivity contribution in [2.24, 2.45) is 0 Å². The molecular weight excluding hydrogens is 405 g/mol. The van der Waals surface area contributed by atoms with Crippen molar-refractivity contribution in [1.82, 2.24) is 5.32 Å². The number of rotatable bonds is 8. The lowest BCUT2D eigenvalue weighted by Gasteiger charge is -2.18. The zero-order valence-corrected chi connectivity index (χ0v) is 17.1. The molecule has 0 bridgehead atoms. The molecular formula is C20H21Cl2NO3S. The highest BCUT2D eigenvalue weighted by molar-refractivity contribution is 7.98. The van der Waals surface area contributed by atoms with Gasteiger partial charge in [-0.1, -0.05) is 35.3 Å². The van der Waals surface area contributed by atoms with Gasteiger partial charge in [0, 0.05) is 34.5 Å². The van der Waals surface area contributed by atoms with Crippen molar-refractivity contribution in [2.45, 2.75) is 18.6 Å². The highest BCUT2D eigenvalue weighted by Gasteiger charge is 2.12. The average Bonchev–Trinajstić information content (AvgIpc) is 2.68. The molecule has 3 rings (SSSR count). The lowest BCUT2D eigenvalue weighted by molar-refractivity contribution is -0.120. The first kappa shape index (κ1) is 20.2. The topological polar surface area (TPSA) is 47.6 Å². The Morgan fingerprint density at radius 1 is 1.07 bits per heavy atom. The lowest BCUT2D eigenvalue weighted by atomic mass is 10.1. The fourth-order valence-corrected chi connectivity index (χ4v) is 4.29. The SMILES string of the molecule is O=C(CCc1ccc2c(c1)OCCO2)NCCSCc1c(Cl)cccc1Cl. The Kier molecular flexibility index (Phi) is 7.56. The zero-order chi connectivity index (χ0) is 19.1. The quantitative estimate of drug-likeness (QED) is 0.619. The van der Waals surface area contributed by atoms with Gasteiger partial charge in [-0.3, -0.25) is 4.79 Å². The summed E-state index contributed by atoms with van der Waals surface area (Å²) in [6, 6.07) is 11.3. The van der Waals surface area contributed by atoms with Crippen LogP contribution in [-0.4, -0.2) is 31.4 Å². The second kappa shape index (κ2) is 10.1. The first-order valence-corrected chi connectivity index (χ1v) is 10.7. The third-order valence-corrected chi connectivity index (χ3v) is 5.82. The van der Waals surface area contributed by atoms with E-state index in [0.29, 0.717) is 42.6 Å². The van der Waals surface area contributed by atoms with Gasteiger partial charge in [0.15, 0.2) is 11.5 Å². The minimum Gasteiger partial charge on any atom is -0.486 e. The van der Waals surface area contributed by atoms with E-state index in [-0.39, 0.29) is 5.91 Å².